The molecule has 1 aromatic carbocycles. The molecular weight excluding hydrogens is 384 g/mol. The quantitative estimate of drug-likeness (QED) is 0.435. The lowest BCUT2D eigenvalue weighted by atomic mass is 9.92. The lowest BCUT2D eigenvalue weighted by Crippen LogP contribution is -2.48. The van der Waals surface area contributed by atoms with Gasteiger partial charge in [-0.1, -0.05) is 15.9 Å². The molecule has 1 spiro atoms. The molecule has 9 nitrogen and oxygen atoms in total. The van der Waals surface area contributed by atoms with Crippen LogP contribution in [0.1, 0.15) is 12.8 Å². The first-order valence-electron chi connectivity index (χ1n) is 6.85. The van der Waals surface area contributed by atoms with Crippen LogP contribution in [0.5, 0.6) is 0 Å². The molecule has 1 aromatic rings. The fraction of sp³-hybridized carbons (Fsp3) is 0.286. The van der Waals surface area contributed by atoms with Crippen molar-refractivity contribution in [2.24, 2.45) is 10.4 Å². The summed E-state index contributed by atoms with van der Waals surface area (Å²) in [5, 5.41) is 7.02. The summed E-state index contributed by atoms with van der Waals surface area (Å²) in [4.78, 5) is 49.0. The molecule has 0 bridgehead atoms. The molecule has 0 radical (unpaired) electrons. The predicted molar refractivity (Wildman–Crippen MR) is 85.7 cm³/mol. The van der Waals surface area contributed by atoms with E-state index in [1.54, 1.807) is 24.3 Å². The first kappa shape index (κ1) is 16.2. The van der Waals surface area contributed by atoms with E-state index in [2.05, 4.69) is 31.1 Å². The highest BCUT2D eigenvalue weighted by Crippen LogP contribution is 2.40. The second kappa shape index (κ2) is 5.78. The van der Waals surface area contributed by atoms with E-state index < -0.39 is 23.3 Å². The Bertz CT molecular complexity index is 778. The van der Waals surface area contributed by atoms with Gasteiger partial charge < -0.3 is 4.74 Å². The van der Waals surface area contributed by atoms with Gasteiger partial charge in [0.1, 0.15) is 0 Å². The van der Waals surface area contributed by atoms with E-state index in [0.717, 1.165) is 16.5 Å². The molecule has 24 heavy (non-hydrogen) atoms. The van der Waals surface area contributed by atoms with E-state index in [9.17, 15) is 19.3 Å². The summed E-state index contributed by atoms with van der Waals surface area (Å²) in [6, 6.07) is 6.55. The number of hydrogen-bond donors (Lipinski definition) is 0. The van der Waals surface area contributed by atoms with E-state index in [1.807, 2.05) is 0 Å². The SMILES string of the molecule is COC(=O)C1=NN(N=O)[C@@]2(CC(=O)N(c3ccc(Br)cc3)C2=O)C1. The van der Waals surface area contributed by atoms with Crippen LogP contribution in [0.15, 0.2) is 39.1 Å². The van der Waals surface area contributed by atoms with Crippen molar-refractivity contribution in [3.05, 3.63) is 33.6 Å². The standard InChI is InChI=1S/C14H11BrN4O5/c1-24-12(21)10-6-14(19(16-10)17-23)7-11(20)18(13(14)22)9-4-2-8(15)3-5-9/h2-5H,6-7H2,1H3/t14-/m1/s1. The Balaban J connectivity index is 1.97. The van der Waals surface area contributed by atoms with Gasteiger partial charge in [-0.05, 0) is 24.3 Å². The van der Waals surface area contributed by atoms with Crippen LogP contribution in [0.25, 0.3) is 0 Å². The van der Waals surface area contributed by atoms with E-state index in [4.69, 9.17) is 0 Å². The van der Waals surface area contributed by atoms with E-state index >= 15 is 0 Å². The van der Waals surface area contributed by atoms with Crippen molar-refractivity contribution < 1.29 is 19.1 Å². The summed E-state index contributed by atoms with van der Waals surface area (Å²) in [6.45, 7) is 0. The number of halogens is 1. The number of carbonyl (C=O) groups excluding carboxylic acids is 3. The number of methoxy groups -OCH3 is 1. The zero-order chi connectivity index (χ0) is 17.5. The second-order valence-corrected chi connectivity index (χ2v) is 6.22. The van der Waals surface area contributed by atoms with Crippen molar-refractivity contribution in [3.8, 4) is 0 Å². The number of amides is 2. The molecule has 0 saturated carbocycles. The lowest BCUT2D eigenvalue weighted by Gasteiger charge is -2.24. The highest BCUT2D eigenvalue weighted by atomic mass is 79.9. The zero-order valence-corrected chi connectivity index (χ0v) is 14.0. The van der Waals surface area contributed by atoms with E-state index in [0.29, 0.717) is 10.8 Å². The molecule has 0 unspecified atom stereocenters. The number of anilines is 1. The van der Waals surface area contributed by atoms with Crippen molar-refractivity contribution in [3.63, 3.8) is 0 Å². The predicted octanol–water partition coefficient (Wildman–Crippen LogP) is 1.37. The average Bonchev–Trinajstić information content (AvgIpc) is 3.06. The fourth-order valence-electron chi connectivity index (χ4n) is 2.79. The summed E-state index contributed by atoms with van der Waals surface area (Å²) in [5.74, 6) is -1.93. The van der Waals surface area contributed by atoms with Gasteiger partial charge in [-0.2, -0.15) is 0 Å². The van der Waals surface area contributed by atoms with Crippen LogP contribution >= 0.6 is 15.9 Å². The number of carbonyl (C=O) groups is 3. The minimum absolute atomic E-state index is 0.129. The maximum atomic E-state index is 12.9. The van der Waals surface area contributed by atoms with Crippen LogP contribution in [0.2, 0.25) is 0 Å². The van der Waals surface area contributed by atoms with E-state index in [1.165, 1.54) is 0 Å². The Hall–Kier alpha value is -2.62. The van der Waals surface area contributed by atoms with Gasteiger partial charge in [0.25, 0.3) is 5.91 Å². The fourth-order valence-corrected chi connectivity index (χ4v) is 3.06. The first-order chi connectivity index (χ1) is 11.4. The van der Waals surface area contributed by atoms with Crippen LogP contribution in [-0.2, 0) is 19.1 Å². The zero-order valence-electron chi connectivity index (χ0n) is 12.4. The molecule has 0 aromatic heterocycles. The smallest absolute Gasteiger partial charge is 0.354 e. The van der Waals surface area contributed by atoms with Crippen LogP contribution in [0, 0.1) is 4.91 Å². The van der Waals surface area contributed by atoms with Crippen molar-refractivity contribution in [1.82, 2.24) is 5.12 Å². The largest absolute Gasteiger partial charge is 0.464 e. The molecule has 1 atom stereocenters. The molecule has 1 saturated heterocycles. The summed E-state index contributed by atoms with van der Waals surface area (Å²) >= 11 is 3.27. The van der Waals surface area contributed by atoms with Gasteiger partial charge in [-0.25, -0.2) is 9.69 Å². The third kappa shape index (κ3) is 2.30. The maximum Gasteiger partial charge on any atom is 0.354 e. The van der Waals surface area contributed by atoms with Gasteiger partial charge in [0, 0.05) is 10.9 Å². The number of hydrogen-bond acceptors (Lipinski definition) is 7. The molecule has 124 valence electrons. The van der Waals surface area contributed by atoms with Gasteiger partial charge in [-0.3, -0.25) is 9.59 Å². The third-order valence-electron chi connectivity index (χ3n) is 3.94. The molecule has 2 aliphatic heterocycles. The van der Waals surface area contributed by atoms with Crippen molar-refractivity contribution >= 4 is 45.1 Å². The average molecular weight is 395 g/mol. The molecule has 10 heteroatoms. The maximum absolute atomic E-state index is 12.9. The molecular formula is C14H11BrN4O5. The summed E-state index contributed by atoms with van der Waals surface area (Å²) < 4.78 is 5.35. The van der Waals surface area contributed by atoms with Gasteiger partial charge in [0.05, 0.1) is 24.5 Å². The van der Waals surface area contributed by atoms with Gasteiger partial charge in [0.2, 0.25) is 5.91 Å². The van der Waals surface area contributed by atoms with Crippen LogP contribution in [-0.4, -0.2) is 41.3 Å². The van der Waals surface area contributed by atoms with Crippen molar-refractivity contribution in [1.29, 1.82) is 0 Å². The van der Waals surface area contributed by atoms with Gasteiger partial charge in [0.15, 0.2) is 11.3 Å². The molecule has 1 fully saturated rings. The van der Waals surface area contributed by atoms with Crippen LogP contribution in [0.4, 0.5) is 5.69 Å². The Kier molecular flexibility index (Phi) is 3.91. The Morgan fingerprint density at radius 1 is 1.29 bits per heavy atom. The highest BCUT2D eigenvalue weighted by Gasteiger charge is 2.61. The van der Waals surface area contributed by atoms with Crippen molar-refractivity contribution in [2.45, 2.75) is 18.4 Å². The topological polar surface area (TPSA) is 109 Å². The molecule has 2 aliphatic rings. The minimum Gasteiger partial charge on any atom is -0.464 e. The summed E-state index contributed by atoms with van der Waals surface area (Å²) in [5.41, 5.74) is -1.38. The monoisotopic (exact) mass is 394 g/mol. The van der Waals surface area contributed by atoms with Gasteiger partial charge in [-0.15, -0.1) is 15.1 Å². The number of nitroso groups, excluding NO2 is 1. The van der Waals surface area contributed by atoms with Crippen LogP contribution in [0.3, 0.4) is 0 Å². The summed E-state index contributed by atoms with van der Waals surface area (Å²) in [6.07, 6.45) is -0.527. The highest BCUT2D eigenvalue weighted by molar-refractivity contribution is 9.10. The minimum atomic E-state index is -1.62. The number of benzene rings is 1. The number of hydrazone groups is 1. The van der Waals surface area contributed by atoms with E-state index in [-0.39, 0.29) is 18.6 Å². The van der Waals surface area contributed by atoms with Crippen LogP contribution < -0.4 is 4.90 Å². The third-order valence-corrected chi connectivity index (χ3v) is 4.46. The Labute approximate surface area is 144 Å². The summed E-state index contributed by atoms with van der Waals surface area (Å²) in [7, 11) is 1.16. The molecule has 3 rings (SSSR count). The molecule has 0 N–H and O–H groups in total. The van der Waals surface area contributed by atoms with Gasteiger partial charge >= 0.3 is 5.97 Å². The normalized spacial score (nSPS) is 23.0. The van der Waals surface area contributed by atoms with Crippen molar-refractivity contribution in [2.75, 3.05) is 12.0 Å². The Morgan fingerprint density at radius 3 is 2.54 bits per heavy atom. The number of nitrogens with zero attached hydrogens (tertiary/aromatic N) is 4. The number of imide groups is 1. The molecule has 2 amide bonds. The lowest BCUT2D eigenvalue weighted by molar-refractivity contribution is -0.132. The molecule has 2 heterocycles. The second-order valence-electron chi connectivity index (χ2n) is 5.31. The Morgan fingerprint density at radius 2 is 1.96 bits per heavy atom. The first-order valence-corrected chi connectivity index (χ1v) is 7.64. The number of esters is 1. The number of ether oxygens (including phenoxy) is 1. The molecule has 0 aliphatic carbocycles. The number of rotatable bonds is 3.